The number of rotatable bonds is 4. The predicted octanol–water partition coefficient (Wildman–Crippen LogP) is 1.29. The Hall–Kier alpha value is -1.03. The van der Waals surface area contributed by atoms with Crippen molar-refractivity contribution < 1.29 is 0 Å². The maximum Gasteiger partial charge on any atom is 0.152 e. The molecule has 1 heterocycles. The largest absolute Gasteiger partial charge is 0.319 e. The molecule has 1 aromatic rings. The lowest BCUT2D eigenvalue weighted by Crippen LogP contribution is -2.14. The molecule has 1 aromatic heterocycles. The Bertz CT molecular complexity index is 307. The Kier molecular flexibility index (Phi) is 3.61. The minimum absolute atomic E-state index is 0.633. The van der Waals surface area contributed by atoms with Crippen molar-refractivity contribution in [3.8, 4) is 0 Å². The highest BCUT2D eigenvalue weighted by atomic mass is 15.1. The highest BCUT2D eigenvalue weighted by Crippen LogP contribution is 2.32. The van der Waals surface area contributed by atoms with Crippen LogP contribution in [0.3, 0.4) is 0 Å². The molecular formula is C11H18N4. The number of nitrogens with one attached hydrogen (secondary N) is 1. The second-order valence-electron chi connectivity index (χ2n) is 4.13. The van der Waals surface area contributed by atoms with Crippen LogP contribution in [0.25, 0.3) is 0 Å². The molecule has 0 bridgehead atoms. The molecule has 82 valence electrons. The molecule has 0 radical (unpaired) electrons. The summed E-state index contributed by atoms with van der Waals surface area (Å²) in [6, 6.07) is 0. The van der Waals surface area contributed by atoms with Crippen LogP contribution < -0.4 is 5.32 Å². The van der Waals surface area contributed by atoms with Gasteiger partial charge in [-0.25, -0.2) is 4.98 Å². The van der Waals surface area contributed by atoms with E-state index in [9.17, 15) is 0 Å². The van der Waals surface area contributed by atoms with Crippen LogP contribution in [0.1, 0.15) is 43.1 Å². The molecule has 1 aliphatic rings. The van der Waals surface area contributed by atoms with Crippen LogP contribution in [0.5, 0.6) is 0 Å². The monoisotopic (exact) mass is 206 g/mol. The number of hydrogen-bond acceptors (Lipinski definition) is 4. The van der Waals surface area contributed by atoms with Gasteiger partial charge < -0.3 is 5.32 Å². The molecule has 0 aliphatic heterocycles. The van der Waals surface area contributed by atoms with E-state index < -0.39 is 0 Å². The Morgan fingerprint density at radius 3 is 2.93 bits per heavy atom. The molecule has 1 N–H and O–H groups in total. The van der Waals surface area contributed by atoms with Crippen molar-refractivity contribution in [1.82, 2.24) is 20.5 Å². The average Bonchev–Trinajstić information content (AvgIpc) is 2.80. The van der Waals surface area contributed by atoms with Crippen molar-refractivity contribution in [2.45, 2.75) is 38.0 Å². The average molecular weight is 206 g/mol. The number of likely N-dealkylation sites (N-methyl/N-ethyl adjacent to an activating group) is 1. The van der Waals surface area contributed by atoms with Gasteiger partial charge in [0.25, 0.3) is 0 Å². The van der Waals surface area contributed by atoms with Gasteiger partial charge in [-0.3, -0.25) is 0 Å². The van der Waals surface area contributed by atoms with Gasteiger partial charge in [-0.2, -0.15) is 5.10 Å². The first-order valence-electron chi connectivity index (χ1n) is 5.73. The maximum atomic E-state index is 4.58. The number of hydrogen-bond donors (Lipinski definition) is 1. The van der Waals surface area contributed by atoms with Crippen LogP contribution in [-0.2, 0) is 6.42 Å². The summed E-state index contributed by atoms with van der Waals surface area (Å²) in [7, 11) is 1.94. The van der Waals surface area contributed by atoms with E-state index >= 15 is 0 Å². The molecule has 0 aromatic carbocycles. The Labute approximate surface area is 90.5 Å². The van der Waals surface area contributed by atoms with Gasteiger partial charge in [0.05, 0.1) is 11.9 Å². The van der Waals surface area contributed by atoms with Crippen LogP contribution in [0.15, 0.2) is 6.20 Å². The first-order valence-corrected chi connectivity index (χ1v) is 5.73. The molecule has 0 amide bonds. The van der Waals surface area contributed by atoms with Crippen molar-refractivity contribution in [3.05, 3.63) is 17.7 Å². The predicted molar refractivity (Wildman–Crippen MR) is 58.7 cm³/mol. The SMILES string of the molecule is CNCCc1nncc(C2CCCC2)n1. The third-order valence-electron chi connectivity index (χ3n) is 2.99. The zero-order chi connectivity index (χ0) is 10.5. The maximum absolute atomic E-state index is 4.58. The lowest BCUT2D eigenvalue weighted by Gasteiger charge is -2.08. The minimum Gasteiger partial charge on any atom is -0.319 e. The van der Waals surface area contributed by atoms with Gasteiger partial charge in [0.1, 0.15) is 0 Å². The van der Waals surface area contributed by atoms with Crippen LogP contribution in [0.2, 0.25) is 0 Å². The van der Waals surface area contributed by atoms with Gasteiger partial charge in [-0.05, 0) is 19.9 Å². The lowest BCUT2D eigenvalue weighted by molar-refractivity contribution is 0.655. The summed E-state index contributed by atoms with van der Waals surface area (Å²) >= 11 is 0. The summed E-state index contributed by atoms with van der Waals surface area (Å²) in [5.74, 6) is 1.50. The molecule has 4 heteroatoms. The quantitative estimate of drug-likeness (QED) is 0.806. The molecule has 0 saturated heterocycles. The highest BCUT2D eigenvalue weighted by Gasteiger charge is 2.18. The van der Waals surface area contributed by atoms with E-state index in [1.807, 2.05) is 13.2 Å². The number of aromatic nitrogens is 3. The van der Waals surface area contributed by atoms with E-state index in [-0.39, 0.29) is 0 Å². The molecule has 1 fully saturated rings. The van der Waals surface area contributed by atoms with E-state index in [2.05, 4.69) is 20.5 Å². The molecule has 0 unspecified atom stereocenters. The first kappa shape index (κ1) is 10.5. The summed E-state index contributed by atoms with van der Waals surface area (Å²) in [6.45, 7) is 0.912. The topological polar surface area (TPSA) is 50.7 Å². The van der Waals surface area contributed by atoms with Crippen molar-refractivity contribution in [2.24, 2.45) is 0 Å². The van der Waals surface area contributed by atoms with Crippen molar-refractivity contribution >= 4 is 0 Å². The summed E-state index contributed by atoms with van der Waals surface area (Å²) < 4.78 is 0. The molecule has 15 heavy (non-hydrogen) atoms. The Morgan fingerprint density at radius 1 is 1.40 bits per heavy atom. The van der Waals surface area contributed by atoms with Crippen molar-refractivity contribution in [1.29, 1.82) is 0 Å². The van der Waals surface area contributed by atoms with E-state index in [4.69, 9.17) is 0 Å². The fraction of sp³-hybridized carbons (Fsp3) is 0.727. The summed E-state index contributed by atoms with van der Waals surface area (Å²) in [4.78, 5) is 4.58. The molecule has 1 saturated carbocycles. The first-order chi connectivity index (χ1) is 7.40. The van der Waals surface area contributed by atoms with Crippen LogP contribution >= 0.6 is 0 Å². The second kappa shape index (κ2) is 5.16. The van der Waals surface area contributed by atoms with Gasteiger partial charge in [-0.1, -0.05) is 12.8 Å². The summed E-state index contributed by atoms with van der Waals surface area (Å²) in [5.41, 5.74) is 1.15. The van der Waals surface area contributed by atoms with Gasteiger partial charge in [0.2, 0.25) is 0 Å². The molecule has 2 rings (SSSR count). The lowest BCUT2D eigenvalue weighted by atomic mass is 10.1. The number of nitrogens with zero attached hydrogens (tertiary/aromatic N) is 3. The van der Waals surface area contributed by atoms with Gasteiger partial charge in [0.15, 0.2) is 5.82 Å². The van der Waals surface area contributed by atoms with Crippen LogP contribution in [-0.4, -0.2) is 28.8 Å². The van der Waals surface area contributed by atoms with Crippen LogP contribution in [0, 0.1) is 0 Å². The van der Waals surface area contributed by atoms with Gasteiger partial charge >= 0.3 is 0 Å². The normalized spacial score (nSPS) is 17.1. The Balaban J connectivity index is 2.04. The molecular weight excluding hydrogens is 188 g/mol. The van der Waals surface area contributed by atoms with E-state index in [1.54, 1.807) is 0 Å². The minimum atomic E-state index is 0.633. The highest BCUT2D eigenvalue weighted by molar-refractivity contribution is 5.06. The van der Waals surface area contributed by atoms with Crippen molar-refractivity contribution in [3.63, 3.8) is 0 Å². The van der Waals surface area contributed by atoms with E-state index in [0.717, 1.165) is 24.5 Å². The van der Waals surface area contributed by atoms with E-state index in [0.29, 0.717) is 5.92 Å². The molecule has 1 aliphatic carbocycles. The fourth-order valence-electron chi connectivity index (χ4n) is 2.12. The summed E-state index contributed by atoms with van der Waals surface area (Å²) in [5, 5.41) is 11.2. The smallest absolute Gasteiger partial charge is 0.152 e. The van der Waals surface area contributed by atoms with Crippen LogP contribution in [0.4, 0.5) is 0 Å². The standard InChI is InChI=1S/C11H18N4/c1-12-7-6-11-14-10(8-13-15-11)9-4-2-3-5-9/h8-9,12H,2-7H2,1H3. The zero-order valence-electron chi connectivity index (χ0n) is 9.24. The zero-order valence-corrected chi connectivity index (χ0v) is 9.24. The van der Waals surface area contributed by atoms with E-state index in [1.165, 1.54) is 25.7 Å². The molecule has 0 spiro atoms. The van der Waals surface area contributed by atoms with Crippen molar-refractivity contribution in [2.75, 3.05) is 13.6 Å². The third kappa shape index (κ3) is 2.72. The third-order valence-corrected chi connectivity index (χ3v) is 2.99. The fourth-order valence-corrected chi connectivity index (χ4v) is 2.12. The second-order valence-corrected chi connectivity index (χ2v) is 4.13. The molecule has 0 atom stereocenters. The van der Waals surface area contributed by atoms with Gasteiger partial charge in [-0.15, -0.1) is 5.10 Å². The Morgan fingerprint density at radius 2 is 2.20 bits per heavy atom. The summed E-state index contributed by atoms with van der Waals surface area (Å²) in [6.07, 6.45) is 7.90. The molecule has 4 nitrogen and oxygen atoms in total. The van der Waals surface area contributed by atoms with Gasteiger partial charge in [0, 0.05) is 18.9 Å².